The lowest BCUT2D eigenvalue weighted by atomic mass is 10.1. The van der Waals surface area contributed by atoms with E-state index in [0.717, 1.165) is 5.92 Å². The van der Waals surface area contributed by atoms with Gasteiger partial charge in [0.2, 0.25) is 0 Å². The number of hydrogen-bond donors (Lipinski definition) is 0. The van der Waals surface area contributed by atoms with Gasteiger partial charge in [-0.1, -0.05) is 34.1 Å². The normalized spacial score (nSPS) is 13.9. The fraction of sp³-hybridized carbons (Fsp3) is 1.00. The molecule has 0 aromatic heterocycles. The molecule has 1 heteroatoms. The van der Waals surface area contributed by atoms with Crippen LogP contribution in [0.2, 0.25) is 0 Å². The smallest absolute Gasteiger partial charge is 0.00164 e. The summed E-state index contributed by atoms with van der Waals surface area (Å²) in [4.78, 5) is 2.49. The minimum atomic E-state index is 0.899. The van der Waals surface area contributed by atoms with Crippen molar-refractivity contribution in [1.82, 2.24) is 4.90 Å². The van der Waals surface area contributed by atoms with Crippen LogP contribution in [0.5, 0.6) is 0 Å². The molecule has 68 valence electrons. The molecule has 0 saturated heterocycles. The molecule has 0 aliphatic heterocycles. The Morgan fingerprint density at radius 2 is 1.64 bits per heavy atom. The molecule has 0 heterocycles. The van der Waals surface area contributed by atoms with Crippen molar-refractivity contribution >= 4 is 0 Å². The van der Waals surface area contributed by atoms with E-state index in [1.54, 1.807) is 0 Å². The highest BCUT2D eigenvalue weighted by molar-refractivity contribution is 4.56. The topological polar surface area (TPSA) is 3.24 Å². The molecule has 0 amide bonds. The van der Waals surface area contributed by atoms with E-state index in [1.165, 1.54) is 32.5 Å². The summed E-state index contributed by atoms with van der Waals surface area (Å²) in [5, 5.41) is 0. The average Bonchev–Trinajstić information content (AvgIpc) is 2.06. The molecule has 1 nitrogen and oxygen atoms in total. The SMILES string of the molecule is CCC(C)CCN(CC)CC. The van der Waals surface area contributed by atoms with Gasteiger partial charge in [-0.2, -0.15) is 0 Å². The minimum Gasteiger partial charge on any atom is -0.304 e. The number of nitrogens with zero attached hydrogens (tertiary/aromatic N) is 1. The summed E-state index contributed by atoms with van der Waals surface area (Å²) in [7, 11) is 0. The first-order valence-electron chi connectivity index (χ1n) is 4.96. The van der Waals surface area contributed by atoms with Crippen molar-refractivity contribution in [2.45, 2.75) is 40.5 Å². The Bertz CT molecular complexity index is 76.9. The number of rotatable bonds is 6. The van der Waals surface area contributed by atoms with E-state index in [9.17, 15) is 0 Å². The highest BCUT2D eigenvalue weighted by Crippen LogP contribution is 2.06. The van der Waals surface area contributed by atoms with Crippen molar-refractivity contribution in [2.24, 2.45) is 5.92 Å². The lowest BCUT2D eigenvalue weighted by Gasteiger charge is -2.19. The van der Waals surface area contributed by atoms with Crippen molar-refractivity contribution in [3.63, 3.8) is 0 Å². The first kappa shape index (κ1) is 11.0. The Kier molecular flexibility index (Phi) is 6.63. The predicted molar refractivity (Wildman–Crippen MR) is 51.9 cm³/mol. The minimum absolute atomic E-state index is 0.899. The Morgan fingerprint density at radius 3 is 2.00 bits per heavy atom. The summed E-state index contributed by atoms with van der Waals surface area (Å²) >= 11 is 0. The van der Waals surface area contributed by atoms with E-state index in [2.05, 4.69) is 32.6 Å². The number of hydrogen-bond acceptors (Lipinski definition) is 1. The van der Waals surface area contributed by atoms with Crippen LogP contribution >= 0.6 is 0 Å². The van der Waals surface area contributed by atoms with Crippen LogP contribution in [0, 0.1) is 5.92 Å². The summed E-state index contributed by atoms with van der Waals surface area (Å²) in [6.07, 6.45) is 2.68. The van der Waals surface area contributed by atoms with Gasteiger partial charge < -0.3 is 4.90 Å². The van der Waals surface area contributed by atoms with Gasteiger partial charge in [0.05, 0.1) is 0 Å². The molecule has 0 spiro atoms. The van der Waals surface area contributed by atoms with Gasteiger partial charge in [-0.05, 0) is 32.0 Å². The zero-order valence-electron chi connectivity index (χ0n) is 8.56. The van der Waals surface area contributed by atoms with Crippen LogP contribution < -0.4 is 0 Å². The maximum atomic E-state index is 2.49. The maximum Gasteiger partial charge on any atom is -0.00164 e. The third-order valence-electron chi connectivity index (χ3n) is 2.53. The molecule has 0 N–H and O–H groups in total. The van der Waals surface area contributed by atoms with Crippen molar-refractivity contribution in [2.75, 3.05) is 19.6 Å². The van der Waals surface area contributed by atoms with Crippen LogP contribution in [-0.4, -0.2) is 24.5 Å². The summed E-state index contributed by atoms with van der Waals surface area (Å²) in [5.41, 5.74) is 0. The van der Waals surface area contributed by atoms with E-state index >= 15 is 0 Å². The van der Waals surface area contributed by atoms with Crippen LogP contribution in [0.4, 0.5) is 0 Å². The zero-order valence-corrected chi connectivity index (χ0v) is 8.56. The fourth-order valence-corrected chi connectivity index (χ4v) is 1.15. The van der Waals surface area contributed by atoms with Gasteiger partial charge in [-0.15, -0.1) is 0 Å². The second-order valence-electron chi connectivity index (χ2n) is 3.33. The quantitative estimate of drug-likeness (QED) is 0.573. The molecular weight excluding hydrogens is 134 g/mol. The molecule has 0 aromatic rings. The molecule has 0 bridgehead atoms. The van der Waals surface area contributed by atoms with E-state index in [1.807, 2.05) is 0 Å². The van der Waals surface area contributed by atoms with E-state index in [-0.39, 0.29) is 0 Å². The summed E-state index contributed by atoms with van der Waals surface area (Å²) in [6, 6.07) is 0. The van der Waals surface area contributed by atoms with Crippen molar-refractivity contribution in [1.29, 1.82) is 0 Å². The summed E-state index contributed by atoms with van der Waals surface area (Å²) in [6.45, 7) is 12.8. The molecule has 0 fully saturated rings. The molecule has 0 aliphatic rings. The molecule has 0 rings (SSSR count). The van der Waals surface area contributed by atoms with Crippen molar-refractivity contribution < 1.29 is 0 Å². The van der Waals surface area contributed by atoms with Crippen molar-refractivity contribution in [3.8, 4) is 0 Å². The molecule has 0 radical (unpaired) electrons. The molecule has 1 atom stereocenters. The van der Waals surface area contributed by atoms with Crippen LogP contribution in [0.25, 0.3) is 0 Å². The summed E-state index contributed by atoms with van der Waals surface area (Å²) < 4.78 is 0. The van der Waals surface area contributed by atoms with Crippen LogP contribution in [0.15, 0.2) is 0 Å². The van der Waals surface area contributed by atoms with Gasteiger partial charge in [0.15, 0.2) is 0 Å². The molecule has 0 aliphatic carbocycles. The second-order valence-corrected chi connectivity index (χ2v) is 3.33. The monoisotopic (exact) mass is 157 g/mol. The molecule has 11 heavy (non-hydrogen) atoms. The predicted octanol–water partition coefficient (Wildman–Crippen LogP) is 2.76. The Morgan fingerprint density at radius 1 is 1.09 bits per heavy atom. The van der Waals surface area contributed by atoms with Gasteiger partial charge in [-0.3, -0.25) is 0 Å². The average molecular weight is 157 g/mol. The van der Waals surface area contributed by atoms with Crippen LogP contribution in [-0.2, 0) is 0 Å². The van der Waals surface area contributed by atoms with Gasteiger partial charge in [0, 0.05) is 0 Å². The summed E-state index contributed by atoms with van der Waals surface area (Å²) in [5.74, 6) is 0.899. The molecular formula is C10H23N. The first-order chi connectivity index (χ1) is 5.24. The van der Waals surface area contributed by atoms with Crippen molar-refractivity contribution in [3.05, 3.63) is 0 Å². The van der Waals surface area contributed by atoms with E-state index < -0.39 is 0 Å². The standard InChI is InChI=1S/C10H23N/c1-5-10(4)8-9-11(6-2)7-3/h10H,5-9H2,1-4H3. The molecule has 0 aromatic carbocycles. The zero-order chi connectivity index (χ0) is 8.69. The lowest BCUT2D eigenvalue weighted by molar-refractivity contribution is 0.278. The van der Waals surface area contributed by atoms with Crippen LogP contribution in [0.3, 0.4) is 0 Å². The molecule has 1 unspecified atom stereocenters. The highest BCUT2D eigenvalue weighted by atomic mass is 15.1. The highest BCUT2D eigenvalue weighted by Gasteiger charge is 2.02. The fourth-order valence-electron chi connectivity index (χ4n) is 1.15. The van der Waals surface area contributed by atoms with Crippen LogP contribution in [0.1, 0.15) is 40.5 Å². The van der Waals surface area contributed by atoms with Gasteiger partial charge in [0.1, 0.15) is 0 Å². The van der Waals surface area contributed by atoms with Gasteiger partial charge in [-0.25, -0.2) is 0 Å². The second kappa shape index (κ2) is 6.66. The molecule has 0 saturated carbocycles. The van der Waals surface area contributed by atoms with Gasteiger partial charge >= 0.3 is 0 Å². The van der Waals surface area contributed by atoms with E-state index in [4.69, 9.17) is 0 Å². The Labute approximate surface area is 71.8 Å². The lowest BCUT2D eigenvalue weighted by Crippen LogP contribution is -2.25. The Hall–Kier alpha value is -0.0400. The van der Waals surface area contributed by atoms with Gasteiger partial charge in [0.25, 0.3) is 0 Å². The van der Waals surface area contributed by atoms with E-state index in [0.29, 0.717) is 0 Å². The first-order valence-corrected chi connectivity index (χ1v) is 4.96. The Balaban J connectivity index is 3.34. The maximum absolute atomic E-state index is 2.49. The third kappa shape index (κ3) is 5.25. The largest absolute Gasteiger partial charge is 0.304 e. The third-order valence-corrected chi connectivity index (χ3v) is 2.53.